The summed E-state index contributed by atoms with van der Waals surface area (Å²) in [6, 6.07) is 11.5. The van der Waals surface area contributed by atoms with Crippen LogP contribution in [0.5, 0.6) is 0 Å². The van der Waals surface area contributed by atoms with Crippen molar-refractivity contribution in [2.45, 2.75) is 44.4 Å². The third kappa shape index (κ3) is 5.95. The quantitative estimate of drug-likeness (QED) is 0.495. The lowest BCUT2D eigenvalue weighted by atomic mass is 9.87. The maximum atomic E-state index is 13.6. The molecule has 1 heterocycles. The molecule has 1 aliphatic heterocycles. The summed E-state index contributed by atoms with van der Waals surface area (Å²) in [5.74, 6) is -1.64. The standard InChI is InChI=1S/C28H28F3N3O4/c1-18-4-3-13-27(17-18)33-24(21-5-2-6-22(16-21)28(29,30)31)26(38)34(27)15-12-19-7-9-20(10-8-19)25(37)32-14-11-23(35)36/h2-10,16,18H,11-15,17H2,1H3,(H,32,37)(H,35,36). The molecule has 200 valence electrons. The molecule has 10 heteroatoms. The molecular formula is C28H28F3N3O4. The van der Waals surface area contributed by atoms with Crippen LogP contribution in [0.15, 0.2) is 65.7 Å². The Morgan fingerprint density at radius 2 is 1.92 bits per heavy atom. The molecule has 0 saturated heterocycles. The van der Waals surface area contributed by atoms with Gasteiger partial charge in [-0.2, -0.15) is 13.2 Å². The lowest BCUT2D eigenvalue weighted by molar-refractivity contribution is -0.138. The lowest BCUT2D eigenvalue weighted by Crippen LogP contribution is -2.49. The van der Waals surface area contributed by atoms with Gasteiger partial charge in [-0.3, -0.25) is 19.4 Å². The first-order valence-corrected chi connectivity index (χ1v) is 12.3. The molecule has 38 heavy (non-hydrogen) atoms. The first-order valence-electron chi connectivity index (χ1n) is 12.3. The fourth-order valence-corrected chi connectivity index (χ4v) is 4.89. The summed E-state index contributed by atoms with van der Waals surface area (Å²) in [5.41, 5.74) is -0.268. The Bertz CT molecular complexity index is 1290. The number of halogens is 3. The number of alkyl halides is 3. The highest BCUT2D eigenvalue weighted by Crippen LogP contribution is 2.40. The van der Waals surface area contributed by atoms with E-state index in [1.165, 1.54) is 12.1 Å². The van der Waals surface area contributed by atoms with Gasteiger partial charge in [-0.05, 0) is 48.6 Å². The number of allylic oxidation sites excluding steroid dienone is 1. The van der Waals surface area contributed by atoms with E-state index in [1.807, 2.05) is 19.1 Å². The van der Waals surface area contributed by atoms with Gasteiger partial charge < -0.3 is 15.3 Å². The Morgan fingerprint density at radius 3 is 2.58 bits per heavy atom. The molecule has 2 amide bonds. The predicted octanol–water partition coefficient (Wildman–Crippen LogP) is 4.47. The highest BCUT2D eigenvalue weighted by atomic mass is 19.4. The van der Waals surface area contributed by atoms with E-state index in [0.717, 1.165) is 17.7 Å². The minimum absolute atomic E-state index is 0.0240. The summed E-state index contributed by atoms with van der Waals surface area (Å²) in [6.07, 6.45) is 0.799. The molecular weight excluding hydrogens is 499 g/mol. The largest absolute Gasteiger partial charge is 0.481 e. The van der Waals surface area contributed by atoms with Crippen molar-refractivity contribution < 1.29 is 32.7 Å². The minimum Gasteiger partial charge on any atom is -0.481 e. The van der Waals surface area contributed by atoms with E-state index >= 15 is 0 Å². The predicted molar refractivity (Wildman–Crippen MR) is 135 cm³/mol. The Morgan fingerprint density at radius 1 is 1.18 bits per heavy atom. The molecule has 2 aliphatic rings. The lowest BCUT2D eigenvalue weighted by Gasteiger charge is -2.39. The first kappa shape index (κ1) is 27.1. The van der Waals surface area contributed by atoms with E-state index in [-0.39, 0.29) is 36.1 Å². The molecule has 1 aliphatic carbocycles. The van der Waals surface area contributed by atoms with E-state index in [2.05, 4.69) is 5.32 Å². The van der Waals surface area contributed by atoms with Crippen LogP contribution in [0.1, 0.15) is 53.2 Å². The topological polar surface area (TPSA) is 99.1 Å². The van der Waals surface area contributed by atoms with E-state index in [9.17, 15) is 27.6 Å². The van der Waals surface area contributed by atoms with Crippen molar-refractivity contribution in [3.8, 4) is 0 Å². The van der Waals surface area contributed by atoms with Crippen LogP contribution in [0.4, 0.5) is 13.2 Å². The van der Waals surface area contributed by atoms with Crippen molar-refractivity contribution in [3.63, 3.8) is 0 Å². The highest BCUT2D eigenvalue weighted by Gasteiger charge is 2.48. The molecule has 2 N–H and O–H groups in total. The smallest absolute Gasteiger partial charge is 0.416 e. The maximum Gasteiger partial charge on any atom is 0.416 e. The van der Waals surface area contributed by atoms with Crippen LogP contribution in [0.2, 0.25) is 0 Å². The second-order valence-electron chi connectivity index (χ2n) is 9.64. The van der Waals surface area contributed by atoms with Crippen LogP contribution < -0.4 is 5.32 Å². The number of carboxylic acid groups (broad SMARTS) is 1. The van der Waals surface area contributed by atoms with Gasteiger partial charge in [-0.1, -0.05) is 43.3 Å². The average molecular weight is 528 g/mol. The van der Waals surface area contributed by atoms with Crippen LogP contribution in [0, 0.1) is 5.92 Å². The molecule has 0 saturated carbocycles. The number of rotatable bonds is 8. The second-order valence-corrected chi connectivity index (χ2v) is 9.64. The third-order valence-electron chi connectivity index (χ3n) is 6.76. The zero-order chi connectivity index (χ0) is 27.5. The summed E-state index contributed by atoms with van der Waals surface area (Å²) >= 11 is 0. The fourth-order valence-electron chi connectivity index (χ4n) is 4.89. The Balaban J connectivity index is 1.51. The van der Waals surface area contributed by atoms with Crippen molar-refractivity contribution in [2.24, 2.45) is 10.9 Å². The minimum atomic E-state index is -4.53. The van der Waals surface area contributed by atoms with Crippen LogP contribution in [0.3, 0.4) is 0 Å². The van der Waals surface area contributed by atoms with E-state index < -0.39 is 29.3 Å². The van der Waals surface area contributed by atoms with Gasteiger partial charge in [0, 0.05) is 30.6 Å². The van der Waals surface area contributed by atoms with Crippen molar-refractivity contribution >= 4 is 23.5 Å². The van der Waals surface area contributed by atoms with Gasteiger partial charge in [-0.25, -0.2) is 0 Å². The zero-order valence-electron chi connectivity index (χ0n) is 20.8. The molecule has 2 atom stereocenters. The number of hydrogen-bond acceptors (Lipinski definition) is 4. The Hall–Kier alpha value is -3.95. The van der Waals surface area contributed by atoms with Gasteiger partial charge in [0.15, 0.2) is 0 Å². The number of aliphatic carboxylic acids is 1. The molecule has 0 radical (unpaired) electrons. The number of amides is 2. The Kier molecular flexibility index (Phi) is 7.71. The molecule has 7 nitrogen and oxygen atoms in total. The maximum absolute atomic E-state index is 13.6. The van der Waals surface area contributed by atoms with Crippen LogP contribution in [-0.2, 0) is 22.2 Å². The first-order chi connectivity index (χ1) is 18.0. The molecule has 2 aromatic rings. The highest BCUT2D eigenvalue weighted by molar-refractivity contribution is 6.46. The average Bonchev–Trinajstić information content (AvgIpc) is 3.12. The molecule has 0 fully saturated rings. The Labute approximate surface area is 218 Å². The molecule has 1 spiro atoms. The summed E-state index contributed by atoms with van der Waals surface area (Å²) < 4.78 is 39.9. The zero-order valence-corrected chi connectivity index (χ0v) is 20.8. The number of benzene rings is 2. The fraction of sp³-hybridized carbons (Fsp3) is 0.357. The van der Waals surface area contributed by atoms with E-state index in [1.54, 1.807) is 29.2 Å². The number of aliphatic imine (C=N–C) groups is 1. The summed E-state index contributed by atoms with van der Waals surface area (Å²) in [4.78, 5) is 42.8. The van der Waals surface area contributed by atoms with Gasteiger partial charge >= 0.3 is 12.1 Å². The molecule has 0 bridgehead atoms. The monoisotopic (exact) mass is 527 g/mol. The van der Waals surface area contributed by atoms with E-state index in [4.69, 9.17) is 10.1 Å². The van der Waals surface area contributed by atoms with E-state index in [0.29, 0.717) is 31.4 Å². The number of carboxylic acids is 1. The van der Waals surface area contributed by atoms with Gasteiger partial charge in [0.1, 0.15) is 11.4 Å². The van der Waals surface area contributed by atoms with Gasteiger partial charge in [0.05, 0.1) is 12.0 Å². The summed E-state index contributed by atoms with van der Waals surface area (Å²) in [5, 5.41) is 11.2. The third-order valence-corrected chi connectivity index (χ3v) is 6.76. The molecule has 0 aromatic heterocycles. The molecule has 4 rings (SSSR count). The SMILES string of the molecule is CC1C=CCC2(C1)N=C(c1cccc(C(F)(F)F)c1)C(=O)N2CCc1ccc(C(=O)NCCC(=O)O)cc1. The van der Waals surface area contributed by atoms with Crippen LogP contribution in [0.25, 0.3) is 0 Å². The van der Waals surface area contributed by atoms with Crippen LogP contribution >= 0.6 is 0 Å². The van der Waals surface area contributed by atoms with Crippen molar-refractivity contribution in [2.75, 3.05) is 13.1 Å². The second kappa shape index (κ2) is 10.8. The molecule has 2 aromatic carbocycles. The van der Waals surface area contributed by atoms with Crippen LogP contribution in [-0.4, -0.2) is 52.3 Å². The number of carbonyl (C=O) groups excluding carboxylic acids is 2. The van der Waals surface area contributed by atoms with Gasteiger partial charge in [0.25, 0.3) is 11.8 Å². The molecule has 2 unspecified atom stereocenters. The van der Waals surface area contributed by atoms with Gasteiger partial charge in [-0.15, -0.1) is 0 Å². The van der Waals surface area contributed by atoms with Crippen molar-refractivity contribution in [3.05, 3.63) is 82.9 Å². The normalized spacial score (nSPS) is 21.1. The van der Waals surface area contributed by atoms with Crippen molar-refractivity contribution in [1.29, 1.82) is 0 Å². The summed E-state index contributed by atoms with van der Waals surface area (Å²) in [7, 11) is 0. The number of nitrogens with zero attached hydrogens (tertiary/aromatic N) is 2. The van der Waals surface area contributed by atoms with Crippen molar-refractivity contribution in [1.82, 2.24) is 10.2 Å². The number of hydrogen-bond donors (Lipinski definition) is 2. The number of carbonyl (C=O) groups is 3. The number of nitrogens with one attached hydrogen (secondary N) is 1. The summed E-state index contributed by atoms with van der Waals surface area (Å²) in [6.45, 7) is 2.34. The van der Waals surface area contributed by atoms with Gasteiger partial charge in [0.2, 0.25) is 0 Å².